The number of aryl methyl sites for hydroxylation is 1. The second-order valence-electron chi connectivity index (χ2n) is 9.75. The Balaban J connectivity index is 0.00000336. The summed E-state index contributed by atoms with van der Waals surface area (Å²) >= 11 is 0. The van der Waals surface area contributed by atoms with Crippen LogP contribution in [0.3, 0.4) is 0 Å². The Morgan fingerprint density at radius 1 is 1.11 bits per heavy atom. The fraction of sp³-hybridized carbons (Fsp3) is 0.269. The van der Waals surface area contributed by atoms with Crippen LogP contribution in [0.5, 0.6) is 0 Å². The van der Waals surface area contributed by atoms with Crippen molar-refractivity contribution < 1.29 is 18.0 Å². The summed E-state index contributed by atoms with van der Waals surface area (Å²) in [6.07, 6.45) is 5.36. The first-order valence-electron chi connectivity index (χ1n) is 11.6. The zero-order chi connectivity index (χ0) is 26.3. The lowest BCUT2D eigenvalue weighted by Gasteiger charge is -2.13. The number of benzene rings is 1. The zero-order valence-corrected chi connectivity index (χ0v) is 22.0. The van der Waals surface area contributed by atoms with E-state index in [4.69, 9.17) is 4.42 Å². The van der Waals surface area contributed by atoms with Crippen molar-refractivity contribution in [1.82, 2.24) is 34.7 Å². The SMILES string of the molecule is Cl.Cn1cc(-c2cc3c(-c4ccc(CNC(=O)c5coc(C(C)(C)C)n5)c(C(F)F)c4)ncnn3c2)cn1. The molecule has 5 rings (SSSR count). The number of alkyl halides is 2. The van der Waals surface area contributed by atoms with Gasteiger partial charge in [-0.2, -0.15) is 10.2 Å². The fourth-order valence-electron chi connectivity index (χ4n) is 3.98. The van der Waals surface area contributed by atoms with Crippen molar-refractivity contribution in [2.45, 2.75) is 39.2 Å². The Bertz CT molecular complexity index is 1600. The number of carbonyl (C=O) groups excluding carboxylic acids is 1. The van der Waals surface area contributed by atoms with Crippen LogP contribution in [0.15, 0.2) is 59.9 Å². The summed E-state index contributed by atoms with van der Waals surface area (Å²) in [6.45, 7) is 5.65. The smallest absolute Gasteiger partial charge is 0.273 e. The largest absolute Gasteiger partial charge is 0.448 e. The molecule has 0 radical (unpaired) electrons. The van der Waals surface area contributed by atoms with Crippen molar-refractivity contribution in [3.05, 3.63) is 78.2 Å². The Hall–Kier alpha value is -4.12. The maximum Gasteiger partial charge on any atom is 0.273 e. The van der Waals surface area contributed by atoms with E-state index in [1.54, 1.807) is 27.5 Å². The van der Waals surface area contributed by atoms with Gasteiger partial charge >= 0.3 is 0 Å². The van der Waals surface area contributed by atoms with Gasteiger partial charge in [0.1, 0.15) is 12.6 Å². The van der Waals surface area contributed by atoms with Gasteiger partial charge in [-0.05, 0) is 17.7 Å². The number of amides is 1. The first-order chi connectivity index (χ1) is 17.6. The molecule has 4 aromatic heterocycles. The van der Waals surface area contributed by atoms with Gasteiger partial charge in [-0.3, -0.25) is 9.48 Å². The molecule has 1 N–H and O–H groups in total. The Kier molecular flexibility index (Phi) is 7.32. The van der Waals surface area contributed by atoms with E-state index in [9.17, 15) is 13.6 Å². The number of nitrogens with zero attached hydrogens (tertiary/aromatic N) is 6. The molecule has 0 atom stereocenters. The van der Waals surface area contributed by atoms with Crippen LogP contribution in [0.2, 0.25) is 0 Å². The summed E-state index contributed by atoms with van der Waals surface area (Å²) in [5, 5.41) is 11.1. The minimum absolute atomic E-state index is 0. The lowest BCUT2D eigenvalue weighted by Crippen LogP contribution is -2.24. The average molecular weight is 542 g/mol. The van der Waals surface area contributed by atoms with Gasteiger partial charge in [-0.15, -0.1) is 12.4 Å². The third-order valence-corrected chi connectivity index (χ3v) is 5.92. The van der Waals surface area contributed by atoms with Crippen LogP contribution in [-0.4, -0.2) is 35.3 Å². The number of halogens is 3. The predicted octanol–water partition coefficient (Wildman–Crippen LogP) is 5.37. The number of rotatable bonds is 6. The predicted molar refractivity (Wildman–Crippen MR) is 139 cm³/mol. The molecule has 198 valence electrons. The molecule has 12 heteroatoms. The van der Waals surface area contributed by atoms with E-state index in [1.165, 1.54) is 18.7 Å². The molecular formula is C26H26ClF2N7O2. The monoisotopic (exact) mass is 541 g/mol. The van der Waals surface area contributed by atoms with Gasteiger partial charge in [0.2, 0.25) is 0 Å². The quantitative estimate of drug-likeness (QED) is 0.310. The topological polar surface area (TPSA) is 103 Å². The number of hydrogen-bond acceptors (Lipinski definition) is 6. The lowest BCUT2D eigenvalue weighted by molar-refractivity contribution is 0.0944. The summed E-state index contributed by atoms with van der Waals surface area (Å²) in [7, 11) is 1.83. The van der Waals surface area contributed by atoms with Crippen LogP contribution in [0.4, 0.5) is 8.78 Å². The van der Waals surface area contributed by atoms with Crippen molar-refractivity contribution >= 4 is 23.8 Å². The molecule has 0 fully saturated rings. The van der Waals surface area contributed by atoms with Gasteiger partial charge in [-0.1, -0.05) is 32.9 Å². The van der Waals surface area contributed by atoms with E-state index < -0.39 is 12.3 Å². The minimum atomic E-state index is -2.75. The normalized spacial score (nSPS) is 11.7. The van der Waals surface area contributed by atoms with Gasteiger partial charge in [0, 0.05) is 53.7 Å². The molecule has 0 aliphatic rings. The highest BCUT2D eigenvalue weighted by atomic mass is 35.5. The number of nitrogens with one attached hydrogen (secondary N) is 1. The number of hydrogen-bond donors (Lipinski definition) is 1. The highest BCUT2D eigenvalue weighted by Crippen LogP contribution is 2.32. The molecule has 5 aromatic rings. The lowest BCUT2D eigenvalue weighted by atomic mass is 9.97. The van der Waals surface area contributed by atoms with Gasteiger partial charge in [0.05, 0.1) is 17.4 Å². The Labute approximate surface area is 223 Å². The van der Waals surface area contributed by atoms with Crippen LogP contribution < -0.4 is 5.32 Å². The van der Waals surface area contributed by atoms with Crippen LogP contribution in [0.25, 0.3) is 27.9 Å². The molecule has 0 aliphatic heterocycles. The van der Waals surface area contributed by atoms with E-state index in [0.29, 0.717) is 28.2 Å². The molecule has 0 unspecified atom stereocenters. The summed E-state index contributed by atoms with van der Waals surface area (Å²) < 4.78 is 36.9. The maximum atomic E-state index is 14.1. The van der Waals surface area contributed by atoms with Crippen molar-refractivity contribution in [3.8, 4) is 22.4 Å². The van der Waals surface area contributed by atoms with Crippen LogP contribution in [-0.2, 0) is 19.0 Å². The van der Waals surface area contributed by atoms with E-state index >= 15 is 0 Å². The van der Waals surface area contributed by atoms with E-state index in [0.717, 1.165) is 11.1 Å². The molecule has 0 spiro atoms. The van der Waals surface area contributed by atoms with Crippen molar-refractivity contribution in [2.75, 3.05) is 0 Å². The average Bonchev–Trinajstić information content (AvgIpc) is 3.60. The standard InChI is InChI=1S/C26H25F2N7O2.ClH/c1-26(2,3)25-33-20(13-37-25)24(36)29-9-16-6-5-15(7-19(16)23(27)28)22-21-8-17(12-35(21)32-14-30-22)18-10-31-34(4)11-18;/h5-8,10-14,23H,9H2,1-4H3,(H,29,36);1H. The third kappa shape index (κ3) is 5.28. The molecular weight excluding hydrogens is 516 g/mol. The van der Waals surface area contributed by atoms with Crippen molar-refractivity contribution in [2.24, 2.45) is 7.05 Å². The maximum absolute atomic E-state index is 14.1. The molecule has 0 aliphatic carbocycles. The molecule has 1 aromatic carbocycles. The number of aromatic nitrogens is 6. The Morgan fingerprint density at radius 3 is 2.55 bits per heavy atom. The number of fused-ring (bicyclic) bond motifs is 1. The molecule has 9 nitrogen and oxygen atoms in total. The van der Waals surface area contributed by atoms with Crippen LogP contribution in [0, 0.1) is 0 Å². The number of oxazole rings is 1. The summed E-state index contributed by atoms with van der Waals surface area (Å²) in [5.41, 5.74) is 3.32. The van der Waals surface area contributed by atoms with E-state index in [-0.39, 0.29) is 35.6 Å². The molecule has 38 heavy (non-hydrogen) atoms. The van der Waals surface area contributed by atoms with Gasteiger partial charge in [0.15, 0.2) is 11.6 Å². The summed E-state index contributed by atoms with van der Waals surface area (Å²) in [4.78, 5) is 21.1. The molecule has 0 bridgehead atoms. The van der Waals surface area contributed by atoms with Gasteiger partial charge in [-0.25, -0.2) is 23.3 Å². The van der Waals surface area contributed by atoms with Gasteiger partial charge < -0.3 is 9.73 Å². The second kappa shape index (κ2) is 10.3. The van der Waals surface area contributed by atoms with Crippen molar-refractivity contribution in [3.63, 3.8) is 0 Å². The van der Waals surface area contributed by atoms with E-state index in [2.05, 4.69) is 25.5 Å². The molecule has 0 saturated carbocycles. The highest BCUT2D eigenvalue weighted by Gasteiger charge is 2.23. The zero-order valence-electron chi connectivity index (χ0n) is 21.1. The minimum Gasteiger partial charge on any atom is -0.448 e. The fourth-order valence-corrected chi connectivity index (χ4v) is 3.98. The third-order valence-electron chi connectivity index (χ3n) is 5.92. The van der Waals surface area contributed by atoms with E-state index in [1.807, 2.05) is 46.3 Å². The molecule has 4 heterocycles. The number of carbonyl (C=O) groups is 1. The first kappa shape index (κ1) is 26.9. The molecule has 0 saturated heterocycles. The summed E-state index contributed by atoms with van der Waals surface area (Å²) in [5.74, 6) is -0.0827. The van der Waals surface area contributed by atoms with Crippen LogP contribution >= 0.6 is 12.4 Å². The van der Waals surface area contributed by atoms with Crippen molar-refractivity contribution in [1.29, 1.82) is 0 Å². The Morgan fingerprint density at radius 2 is 1.89 bits per heavy atom. The highest BCUT2D eigenvalue weighted by molar-refractivity contribution is 5.92. The second-order valence-corrected chi connectivity index (χ2v) is 9.75. The summed E-state index contributed by atoms with van der Waals surface area (Å²) in [6, 6.07) is 6.58. The first-order valence-corrected chi connectivity index (χ1v) is 11.6. The van der Waals surface area contributed by atoms with Crippen LogP contribution in [0.1, 0.15) is 54.7 Å². The van der Waals surface area contributed by atoms with Gasteiger partial charge in [0.25, 0.3) is 12.3 Å². The molecule has 1 amide bonds.